The minimum atomic E-state index is -0.123. The van der Waals surface area contributed by atoms with Gasteiger partial charge in [-0.25, -0.2) is 0 Å². The van der Waals surface area contributed by atoms with Crippen LogP contribution in [0.25, 0.3) is 22.4 Å². The molecule has 0 fully saturated rings. The molecular weight excluding hydrogens is 334 g/mol. The normalized spacial score (nSPS) is 10.2. The minimum Gasteiger partial charge on any atom is -0.331 e. The Bertz CT molecular complexity index is 869. The van der Waals surface area contributed by atoms with E-state index in [1.807, 2.05) is 60.7 Å². The van der Waals surface area contributed by atoms with Gasteiger partial charge in [-0.2, -0.15) is 5.10 Å². The second kappa shape index (κ2) is 8.72. The predicted molar refractivity (Wildman–Crippen MR) is 109 cm³/mol. The number of aromatic nitrogens is 2. The molecule has 0 bridgehead atoms. The van der Waals surface area contributed by atoms with Crippen LogP contribution in [0.2, 0.25) is 0 Å². The van der Waals surface area contributed by atoms with Gasteiger partial charge in [-0.3, -0.25) is 4.79 Å². The van der Waals surface area contributed by atoms with Crippen molar-refractivity contribution >= 4 is 5.91 Å². The van der Waals surface area contributed by atoms with Crippen molar-refractivity contribution in [3.63, 3.8) is 0 Å². The lowest BCUT2D eigenvalue weighted by Gasteiger charge is -2.22. The molecule has 0 unspecified atom stereocenters. The van der Waals surface area contributed by atoms with Gasteiger partial charge in [-0.1, -0.05) is 72.8 Å². The molecule has 0 atom stereocenters. The van der Waals surface area contributed by atoms with Crippen LogP contribution < -0.4 is 0 Å². The summed E-state index contributed by atoms with van der Waals surface area (Å²) in [6.07, 6.45) is 5.07. The topological polar surface area (TPSA) is 46.1 Å². The highest BCUT2D eigenvalue weighted by Crippen LogP contribution is 2.31. The summed E-state index contributed by atoms with van der Waals surface area (Å²) in [5.74, 6) is -0.123. The zero-order valence-electron chi connectivity index (χ0n) is 15.1. The number of rotatable bonds is 7. The monoisotopic (exact) mass is 355 g/mol. The highest BCUT2D eigenvalue weighted by Gasteiger charge is 2.24. The fraction of sp³-hybridized carbons (Fsp3) is 0.0870. The second-order valence-electron chi connectivity index (χ2n) is 6.00. The van der Waals surface area contributed by atoms with Crippen molar-refractivity contribution in [2.45, 2.75) is 0 Å². The Morgan fingerprint density at radius 3 is 2.00 bits per heavy atom. The van der Waals surface area contributed by atoms with Gasteiger partial charge in [-0.15, -0.1) is 18.3 Å². The number of benzene rings is 2. The minimum absolute atomic E-state index is 0.123. The molecule has 0 N–H and O–H groups in total. The van der Waals surface area contributed by atoms with Crippen molar-refractivity contribution < 1.29 is 4.79 Å². The Morgan fingerprint density at radius 2 is 1.44 bits per heavy atom. The molecule has 134 valence electrons. The number of carbonyl (C=O) groups is 1. The van der Waals surface area contributed by atoms with Gasteiger partial charge in [0.25, 0.3) is 5.91 Å². The number of nitrogens with zero attached hydrogens (tertiary/aromatic N) is 3. The average Bonchev–Trinajstić information content (AvgIpc) is 2.74. The van der Waals surface area contributed by atoms with Gasteiger partial charge >= 0.3 is 0 Å². The van der Waals surface area contributed by atoms with Gasteiger partial charge in [0.1, 0.15) is 5.69 Å². The first-order valence-electron chi connectivity index (χ1n) is 8.74. The Hall–Kier alpha value is -3.53. The molecule has 27 heavy (non-hydrogen) atoms. The van der Waals surface area contributed by atoms with Gasteiger partial charge in [0.15, 0.2) is 0 Å². The summed E-state index contributed by atoms with van der Waals surface area (Å²) in [6, 6.07) is 19.4. The molecule has 0 radical (unpaired) electrons. The number of amides is 1. The molecule has 4 heteroatoms. The molecule has 1 amide bonds. The summed E-state index contributed by atoms with van der Waals surface area (Å²) in [5.41, 5.74) is 3.63. The summed E-state index contributed by atoms with van der Waals surface area (Å²) < 4.78 is 0. The summed E-state index contributed by atoms with van der Waals surface area (Å²) in [7, 11) is 0. The van der Waals surface area contributed by atoms with Gasteiger partial charge in [0, 0.05) is 24.2 Å². The first kappa shape index (κ1) is 18.3. The van der Waals surface area contributed by atoms with Crippen molar-refractivity contribution in [1.82, 2.24) is 15.1 Å². The van der Waals surface area contributed by atoms with Crippen LogP contribution in [0.5, 0.6) is 0 Å². The first-order chi connectivity index (χ1) is 13.3. The lowest BCUT2D eigenvalue weighted by atomic mass is 9.96. The molecule has 0 aliphatic carbocycles. The van der Waals surface area contributed by atoms with E-state index in [-0.39, 0.29) is 5.91 Å². The van der Waals surface area contributed by atoms with Crippen LogP contribution in [0.3, 0.4) is 0 Å². The quantitative estimate of drug-likeness (QED) is 0.581. The third-order valence-corrected chi connectivity index (χ3v) is 4.18. The Kier molecular flexibility index (Phi) is 5.90. The summed E-state index contributed by atoms with van der Waals surface area (Å²) >= 11 is 0. The maximum Gasteiger partial charge on any atom is 0.257 e. The van der Waals surface area contributed by atoms with E-state index >= 15 is 0 Å². The zero-order chi connectivity index (χ0) is 19.1. The van der Waals surface area contributed by atoms with Crippen LogP contribution in [-0.2, 0) is 0 Å². The van der Waals surface area contributed by atoms with Crippen LogP contribution in [0.4, 0.5) is 0 Å². The SMILES string of the molecule is C=CCN(CC=C)C(=O)c1c(-c2ccccc2)cnnc1-c1ccccc1. The number of carbonyl (C=O) groups excluding carboxylic acids is 1. The molecule has 1 heterocycles. The van der Waals surface area contributed by atoms with E-state index in [0.29, 0.717) is 24.3 Å². The fourth-order valence-corrected chi connectivity index (χ4v) is 2.95. The molecule has 0 spiro atoms. The van der Waals surface area contributed by atoms with Gasteiger partial charge in [0.2, 0.25) is 0 Å². The van der Waals surface area contributed by atoms with Gasteiger partial charge in [0.05, 0.1) is 11.8 Å². The molecular formula is C23H21N3O. The van der Waals surface area contributed by atoms with E-state index in [1.165, 1.54) is 0 Å². The Balaban J connectivity index is 2.23. The number of hydrogen-bond acceptors (Lipinski definition) is 3. The molecule has 3 aromatic rings. The van der Waals surface area contributed by atoms with E-state index in [1.54, 1.807) is 23.2 Å². The van der Waals surface area contributed by atoms with E-state index in [2.05, 4.69) is 23.4 Å². The Labute approximate surface area is 159 Å². The maximum atomic E-state index is 13.5. The highest BCUT2D eigenvalue weighted by atomic mass is 16.2. The van der Waals surface area contributed by atoms with Crippen molar-refractivity contribution in [2.75, 3.05) is 13.1 Å². The van der Waals surface area contributed by atoms with Crippen LogP contribution in [0.1, 0.15) is 10.4 Å². The summed E-state index contributed by atoms with van der Waals surface area (Å²) in [4.78, 5) is 15.2. The molecule has 2 aromatic carbocycles. The summed E-state index contributed by atoms with van der Waals surface area (Å²) in [6.45, 7) is 8.38. The summed E-state index contributed by atoms with van der Waals surface area (Å²) in [5, 5.41) is 8.48. The maximum absolute atomic E-state index is 13.5. The van der Waals surface area contributed by atoms with E-state index in [0.717, 1.165) is 16.7 Å². The Morgan fingerprint density at radius 1 is 0.889 bits per heavy atom. The molecule has 0 aliphatic rings. The van der Waals surface area contributed by atoms with E-state index in [4.69, 9.17) is 0 Å². The van der Waals surface area contributed by atoms with Gasteiger partial charge < -0.3 is 4.90 Å². The lowest BCUT2D eigenvalue weighted by Crippen LogP contribution is -2.32. The van der Waals surface area contributed by atoms with Crippen molar-refractivity contribution in [2.24, 2.45) is 0 Å². The van der Waals surface area contributed by atoms with Crippen LogP contribution in [-0.4, -0.2) is 34.1 Å². The highest BCUT2D eigenvalue weighted by molar-refractivity contribution is 6.05. The molecule has 0 saturated heterocycles. The van der Waals surface area contributed by atoms with Gasteiger partial charge in [-0.05, 0) is 5.56 Å². The number of hydrogen-bond donors (Lipinski definition) is 0. The zero-order valence-corrected chi connectivity index (χ0v) is 15.1. The fourth-order valence-electron chi connectivity index (χ4n) is 2.95. The van der Waals surface area contributed by atoms with Crippen molar-refractivity contribution in [3.05, 3.63) is 97.7 Å². The van der Waals surface area contributed by atoms with Crippen molar-refractivity contribution in [3.8, 4) is 22.4 Å². The standard InChI is InChI=1S/C23H21N3O/c1-3-15-26(16-4-2)23(27)21-20(18-11-7-5-8-12-18)17-24-25-22(21)19-13-9-6-10-14-19/h3-14,17H,1-2,15-16H2. The second-order valence-corrected chi connectivity index (χ2v) is 6.00. The third kappa shape index (κ3) is 4.01. The van der Waals surface area contributed by atoms with Crippen LogP contribution in [0, 0.1) is 0 Å². The molecule has 4 nitrogen and oxygen atoms in total. The molecule has 0 aliphatic heterocycles. The molecule has 1 aromatic heterocycles. The van der Waals surface area contributed by atoms with E-state index in [9.17, 15) is 4.79 Å². The lowest BCUT2D eigenvalue weighted by molar-refractivity contribution is 0.0792. The van der Waals surface area contributed by atoms with Crippen molar-refractivity contribution in [1.29, 1.82) is 0 Å². The molecule has 0 saturated carbocycles. The van der Waals surface area contributed by atoms with E-state index < -0.39 is 0 Å². The predicted octanol–water partition coefficient (Wildman–Crippen LogP) is 4.62. The average molecular weight is 355 g/mol. The third-order valence-electron chi connectivity index (χ3n) is 4.18. The van der Waals surface area contributed by atoms with Crippen LogP contribution >= 0.6 is 0 Å². The smallest absolute Gasteiger partial charge is 0.257 e. The van der Waals surface area contributed by atoms with Crippen LogP contribution in [0.15, 0.2) is 92.2 Å². The largest absolute Gasteiger partial charge is 0.331 e. The first-order valence-corrected chi connectivity index (χ1v) is 8.74. The molecule has 3 rings (SSSR count).